The molecule has 1 aromatic rings. The van der Waals surface area contributed by atoms with Gasteiger partial charge in [-0.2, -0.15) is 0 Å². The second-order valence-electron chi connectivity index (χ2n) is 1.41. The summed E-state index contributed by atoms with van der Waals surface area (Å²) in [5, 5.41) is 6.85. The average Bonchev–Trinajstić information content (AvgIpc) is 2.17. The number of nitrogens with zero attached hydrogens (tertiary/aromatic N) is 6. The van der Waals surface area contributed by atoms with Crippen molar-refractivity contribution in [3.8, 4) is 0 Å². The fraction of sp³-hybridized carbons (Fsp3) is 0.333. The van der Waals surface area contributed by atoms with Crippen LogP contribution in [0.3, 0.4) is 0 Å². The first kappa shape index (κ1) is 5.58. The summed E-state index contributed by atoms with van der Waals surface area (Å²) in [6.45, 7) is 0. The number of rotatable bonds is 1. The van der Waals surface area contributed by atoms with Gasteiger partial charge in [0.15, 0.2) is 0 Å². The summed E-state index contributed by atoms with van der Waals surface area (Å²) >= 11 is 0. The highest BCUT2D eigenvalue weighted by atomic mass is 15.4. The van der Waals surface area contributed by atoms with Gasteiger partial charge in [0, 0.05) is 12.0 Å². The van der Waals surface area contributed by atoms with Crippen LogP contribution in [0.1, 0.15) is 0 Å². The van der Waals surface area contributed by atoms with Crippen LogP contribution >= 0.6 is 0 Å². The van der Waals surface area contributed by atoms with Crippen molar-refractivity contribution in [3.63, 3.8) is 0 Å². The Morgan fingerprint density at radius 1 is 1.89 bits per heavy atom. The molecule has 0 saturated heterocycles. The third kappa shape index (κ3) is 1.17. The Morgan fingerprint density at radius 2 is 2.67 bits per heavy atom. The van der Waals surface area contributed by atoms with Crippen LogP contribution in [0.2, 0.25) is 0 Å². The molecule has 0 fully saturated rings. The molecule has 46 valence electrons. The Bertz CT molecular complexity index is 243. The van der Waals surface area contributed by atoms with Gasteiger partial charge in [0.05, 0.1) is 0 Å². The molecule has 6 heteroatoms. The SMILES string of the molecule is Cn1cnc(N=[N+]=[N-])n1. The minimum atomic E-state index is 0.153. The van der Waals surface area contributed by atoms with Crippen LogP contribution in [-0.4, -0.2) is 14.8 Å². The number of aryl methyl sites for hydroxylation is 1. The van der Waals surface area contributed by atoms with Crippen molar-refractivity contribution < 1.29 is 0 Å². The van der Waals surface area contributed by atoms with Gasteiger partial charge in [0.1, 0.15) is 6.33 Å². The van der Waals surface area contributed by atoms with E-state index in [9.17, 15) is 0 Å². The van der Waals surface area contributed by atoms with Gasteiger partial charge in [-0.3, -0.25) is 4.68 Å². The standard InChI is InChI=1S/C3H4N6/c1-9-2-5-3(7-9)6-8-4/h2H,1H3. The lowest BCUT2D eigenvalue weighted by molar-refractivity contribution is 0.766. The highest BCUT2D eigenvalue weighted by Gasteiger charge is 1.89. The third-order valence-electron chi connectivity index (χ3n) is 0.722. The average molecular weight is 124 g/mol. The number of aromatic nitrogens is 3. The van der Waals surface area contributed by atoms with E-state index in [1.165, 1.54) is 11.0 Å². The van der Waals surface area contributed by atoms with Crippen molar-refractivity contribution in [2.75, 3.05) is 0 Å². The molecule has 0 spiro atoms. The molecule has 1 heterocycles. The van der Waals surface area contributed by atoms with Crippen molar-refractivity contribution in [2.24, 2.45) is 12.2 Å². The first-order chi connectivity index (χ1) is 4.33. The lowest BCUT2D eigenvalue weighted by atomic mass is 11.1. The van der Waals surface area contributed by atoms with Gasteiger partial charge < -0.3 is 0 Å². The minimum absolute atomic E-state index is 0.153. The van der Waals surface area contributed by atoms with Gasteiger partial charge >= 0.3 is 0 Å². The van der Waals surface area contributed by atoms with Crippen molar-refractivity contribution in [1.29, 1.82) is 0 Å². The van der Waals surface area contributed by atoms with Gasteiger partial charge in [0.2, 0.25) is 5.95 Å². The zero-order chi connectivity index (χ0) is 6.69. The van der Waals surface area contributed by atoms with Gasteiger partial charge in [-0.1, -0.05) is 0 Å². The maximum atomic E-state index is 7.90. The zero-order valence-electron chi connectivity index (χ0n) is 4.76. The molecular formula is C3H4N6. The summed E-state index contributed by atoms with van der Waals surface area (Å²) in [6.07, 6.45) is 1.46. The van der Waals surface area contributed by atoms with E-state index in [1.807, 2.05) is 0 Å². The summed E-state index contributed by atoms with van der Waals surface area (Å²) in [5.74, 6) is 0.153. The van der Waals surface area contributed by atoms with Gasteiger partial charge in [-0.05, 0) is 10.6 Å². The van der Waals surface area contributed by atoms with E-state index in [4.69, 9.17) is 5.53 Å². The van der Waals surface area contributed by atoms with Crippen LogP contribution in [0.5, 0.6) is 0 Å². The Kier molecular flexibility index (Phi) is 1.33. The van der Waals surface area contributed by atoms with E-state index in [-0.39, 0.29) is 5.95 Å². The van der Waals surface area contributed by atoms with Crippen molar-refractivity contribution in [2.45, 2.75) is 0 Å². The maximum absolute atomic E-state index is 7.90. The van der Waals surface area contributed by atoms with Crippen molar-refractivity contribution in [1.82, 2.24) is 14.8 Å². The quantitative estimate of drug-likeness (QED) is 0.314. The van der Waals surface area contributed by atoms with Gasteiger partial charge in [-0.25, -0.2) is 4.98 Å². The fourth-order valence-electron chi connectivity index (χ4n) is 0.414. The van der Waals surface area contributed by atoms with E-state index in [0.717, 1.165) is 0 Å². The summed E-state index contributed by atoms with van der Waals surface area (Å²) < 4.78 is 1.46. The van der Waals surface area contributed by atoms with Crippen LogP contribution < -0.4 is 0 Å². The van der Waals surface area contributed by atoms with E-state index in [0.29, 0.717) is 0 Å². The van der Waals surface area contributed by atoms with Crippen molar-refractivity contribution in [3.05, 3.63) is 16.8 Å². The van der Waals surface area contributed by atoms with Crippen molar-refractivity contribution >= 4 is 5.95 Å². The lowest BCUT2D eigenvalue weighted by Crippen LogP contribution is -1.84. The molecule has 0 radical (unpaired) electrons. The van der Waals surface area contributed by atoms with Crippen LogP contribution in [0.4, 0.5) is 5.95 Å². The summed E-state index contributed by atoms with van der Waals surface area (Å²) in [6, 6.07) is 0. The maximum Gasteiger partial charge on any atom is 0.237 e. The van der Waals surface area contributed by atoms with Crippen LogP contribution in [-0.2, 0) is 7.05 Å². The molecular weight excluding hydrogens is 120 g/mol. The summed E-state index contributed by atoms with van der Waals surface area (Å²) in [5.41, 5.74) is 7.90. The summed E-state index contributed by atoms with van der Waals surface area (Å²) in [7, 11) is 1.70. The minimum Gasteiger partial charge on any atom is -0.256 e. The molecule has 0 bridgehead atoms. The Balaban J connectivity index is 2.97. The Labute approximate surface area is 50.8 Å². The predicted molar refractivity (Wildman–Crippen MR) is 29.8 cm³/mol. The Hall–Kier alpha value is -1.55. The third-order valence-corrected chi connectivity index (χ3v) is 0.722. The second kappa shape index (κ2) is 2.15. The molecule has 0 aromatic carbocycles. The number of hydrogen-bond acceptors (Lipinski definition) is 3. The highest BCUT2D eigenvalue weighted by Crippen LogP contribution is 1.98. The normalized spacial score (nSPS) is 8.56. The topological polar surface area (TPSA) is 79.5 Å². The molecule has 1 rings (SSSR count). The fourth-order valence-corrected chi connectivity index (χ4v) is 0.414. The molecule has 0 aliphatic carbocycles. The molecule has 0 amide bonds. The van der Waals surface area contributed by atoms with Crippen LogP contribution in [0, 0.1) is 0 Å². The molecule has 0 N–H and O–H groups in total. The molecule has 0 unspecified atom stereocenters. The monoisotopic (exact) mass is 124 g/mol. The van der Waals surface area contributed by atoms with E-state index in [1.54, 1.807) is 7.05 Å². The molecule has 0 atom stereocenters. The van der Waals surface area contributed by atoms with Crippen LogP contribution in [0.25, 0.3) is 10.4 Å². The number of azide groups is 1. The molecule has 0 aliphatic rings. The van der Waals surface area contributed by atoms with E-state index >= 15 is 0 Å². The molecule has 6 nitrogen and oxygen atoms in total. The van der Waals surface area contributed by atoms with E-state index < -0.39 is 0 Å². The smallest absolute Gasteiger partial charge is 0.237 e. The van der Waals surface area contributed by atoms with Crippen LogP contribution in [0.15, 0.2) is 11.4 Å². The summed E-state index contributed by atoms with van der Waals surface area (Å²) in [4.78, 5) is 6.14. The molecule has 0 aliphatic heterocycles. The molecule has 1 aromatic heterocycles. The first-order valence-corrected chi connectivity index (χ1v) is 2.23. The molecule has 0 saturated carbocycles. The van der Waals surface area contributed by atoms with Gasteiger partial charge in [0.25, 0.3) is 0 Å². The second-order valence-corrected chi connectivity index (χ2v) is 1.41. The largest absolute Gasteiger partial charge is 0.256 e. The molecule has 9 heavy (non-hydrogen) atoms. The van der Waals surface area contributed by atoms with E-state index in [2.05, 4.69) is 20.1 Å². The van der Waals surface area contributed by atoms with Gasteiger partial charge in [-0.15, -0.1) is 5.10 Å². The number of hydrogen-bond donors (Lipinski definition) is 0. The Morgan fingerprint density at radius 3 is 3.11 bits per heavy atom. The lowest BCUT2D eigenvalue weighted by Gasteiger charge is -1.77. The zero-order valence-corrected chi connectivity index (χ0v) is 4.76. The first-order valence-electron chi connectivity index (χ1n) is 2.23. The predicted octanol–water partition coefficient (Wildman–Crippen LogP) is 0.757. The highest BCUT2D eigenvalue weighted by molar-refractivity contribution is 5.08.